The highest BCUT2D eigenvalue weighted by atomic mass is 16.1. The Balaban J connectivity index is 3.82. The van der Waals surface area contributed by atoms with Crippen LogP contribution in [0.5, 0.6) is 0 Å². The van der Waals surface area contributed by atoms with Crippen molar-refractivity contribution in [2.75, 3.05) is 6.54 Å². The molecule has 0 aliphatic rings. The van der Waals surface area contributed by atoms with Crippen LogP contribution in [-0.2, 0) is 4.79 Å². The third kappa shape index (κ3) is 5.57. The van der Waals surface area contributed by atoms with Crippen LogP contribution in [0.25, 0.3) is 0 Å². The molecule has 0 aliphatic heterocycles. The summed E-state index contributed by atoms with van der Waals surface area (Å²) in [5.41, 5.74) is 0.507. The van der Waals surface area contributed by atoms with Crippen molar-refractivity contribution in [2.45, 2.75) is 33.1 Å². The van der Waals surface area contributed by atoms with Gasteiger partial charge in [-0.25, -0.2) is 0 Å². The van der Waals surface area contributed by atoms with E-state index in [1.807, 2.05) is 0 Å². The summed E-state index contributed by atoms with van der Waals surface area (Å²) < 4.78 is 0. The van der Waals surface area contributed by atoms with Crippen LogP contribution in [0, 0.1) is 5.92 Å². The van der Waals surface area contributed by atoms with E-state index in [-0.39, 0.29) is 5.78 Å². The summed E-state index contributed by atoms with van der Waals surface area (Å²) >= 11 is 0. The fourth-order valence-corrected chi connectivity index (χ4v) is 1.33. The van der Waals surface area contributed by atoms with Crippen LogP contribution < -0.4 is 5.32 Å². The van der Waals surface area contributed by atoms with Crippen molar-refractivity contribution in [1.82, 2.24) is 5.32 Å². The summed E-state index contributed by atoms with van der Waals surface area (Å²) in [5.74, 6) is 0.572. The van der Waals surface area contributed by atoms with Crippen LogP contribution in [0.3, 0.4) is 0 Å². The van der Waals surface area contributed by atoms with Gasteiger partial charge in [0.1, 0.15) is 0 Å². The van der Waals surface area contributed by atoms with E-state index in [0.717, 1.165) is 12.8 Å². The zero-order chi connectivity index (χ0) is 11.0. The highest BCUT2D eigenvalue weighted by molar-refractivity contribution is 5.94. The molecular weight excluding hydrogens is 174 g/mol. The van der Waals surface area contributed by atoms with Crippen molar-refractivity contribution in [1.29, 1.82) is 0 Å². The summed E-state index contributed by atoms with van der Waals surface area (Å²) in [6.45, 7) is 12.1. The maximum atomic E-state index is 11.5. The quantitative estimate of drug-likeness (QED) is 0.476. The molecule has 14 heavy (non-hydrogen) atoms. The lowest BCUT2D eigenvalue weighted by Crippen LogP contribution is -2.20. The van der Waals surface area contributed by atoms with Crippen LogP contribution in [-0.4, -0.2) is 12.3 Å². The summed E-state index contributed by atoms with van der Waals surface area (Å²) in [6, 6.07) is 0. The van der Waals surface area contributed by atoms with E-state index in [1.165, 1.54) is 0 Å². The zero-order valence-corrected chi connectivity index (χ0v) is 9.31. The average Bonchev–Trinajstić information content (AvgIpc) is 2.14. The van der Waals surface area contributed by atoms with E-state index in [1.54, 1.807) is 6.08 Å². The predicted octanol–water partition coefficient (Wildman–Crippen LogP) is 2.67. The molecule has 0 aromatic rings. The third-order valence-corrected chi connectivity index (χ3v) is 2.11. The van der Waals surface area contributed by atoms with Crippen molar-refractivity contribution < 1.29 is 4.79 Å². The van der Waals surface area contributed by atoms with Crippen molar-refractivity contribution in [3.05, 3.63) is 24.9 Å². The number of nitrogens with one attached hydrogen (secondary N) is 1. The largest absolute Gasteiger partial charge is 0.379 e. The fourth-order valence-electron chi connectivity index (χ4n) is 1.33. The van der Waals surface area contributed by atoms with Gasteiger partial charge in [-0.05, 0) is 5.92 Å². The minimum atomic E-state index is 0.118. The first kappa shape index (κ1) is 12.9. The van der Waals surface area contributed by atoms with Gasteiger partial charge in [-0.2, -0.15) is 0 Å². The van der Waals surface area contributed by atoms with Gasteiger partial charge in [0.2, 0.25) is 0 Å². The molecule has 0 amide bonds. The van der Waals surface area contributed by atoms with E-state index in [9.17, 15) is 4.79 Å². The molecule has 2 nitrogen and oxygen atoms in total. The monoisotopic (exact) mass is 195 g/mol. The summed E-state index contributed by atoms with van der Waals surface area (Å²) in [5, 5.41) is 2.92. The smallest absolute Gasteiger partial charge is 0.178 e. The molecule has 0 saturated heterocycles. The molecule has 0 saturated carbocycles. The summed E-state index contributed by atoms with van der Waals surface area (Å²) in [7, 11) is 0. The van der Waals surface area contributed by atoms with Crippen LogP contribution in [0.2, 0.25) is 0 Å². The molecule has 0 fully saturated rings. The first-order chi connectivity index (χ1) is 6.61. The molecule has 80 valence electrons. The molecule has 1 unspecified atom stereocenters. The lowest BCUT2D eigenvalue weighted by atomic mass is 9.98. The molecule has 0 heterocycles. The minimum absolute atomic E-state index is 0.118. The topological polar surface area (TPSA) is 29.1 Å². The molecule has 2 heteroatoms. The minimum Gasteiger partial charge on any atom is -0.379 e. The lowest BCUT2D eigenvalue weighted by Gasteiger charge is -2.11. The molecule has 0 rings (SSSR count). The first-order valence-electron chi connectivity index (χ1n) is 5.18. The second kappa shape index (κ2) is 7.36. The highest BCUT2D eigenvalue weighted by Gasteiger charge is 2.10. The van der Waals surface area contributed by atoms with Crippen molar-refractivity contribution >= 4 is 5.78 Å². The van der Waals surface area contributed by atoms with Gasteiger partial charge in [0.25, 0.3) is 0 Å². The average molecular weight is 195 g/mol. The highest BCUT2D eigenvalue weighted by Crippen LogP contribution is 2.11. The molecule has 0 aromatic heterocycles. The fraction of sp³-hybridized carbons (Fsp3) is 0.583. The molecule has 0 aliphatic carbocycles. The number of hydrogen-bond donors (Lipinski definition) is 1. The van der Waals surface area contributed by atoms with E-state index < -0.39 is 0 Å². The predicted molar refractivity (Wildman–Crippen MR) is 61.0 cm³/mol. The third-order valence-electron chi connectivity index (χ3n) is 2.11. The number of rotatable bonds is 8. The Hall–Kier alpha value is -1.05. The molecule has 1 N–H and O–H groups in total. The normalized spacial score (nSPS) is 11.9. The second-order valence-corrected chi connectivity index (χ2v) is 3.67. The Morgan fingerprint density at radius 3 is 2.71 bits per heavy atom. The number of carbonyl (C=O) groups excluding carboxylic acids is 1. The Morgan fingerprint density at radius 2 is 2.21 bits per heavy atom. The van der Waals surface area contributed by atoms with Gasteiger partial charge in [-0.15, -0.1) is 6.58 Å². The number of hydrogen-bond acceptors (Lipinski definition) is 2. The summed E-state index contributed by atoms with van der Waals surface area (Å²) in [4.78, 5) is 11.5. The van der Waals surface area contributed by atoms with Crippen molar-refractivity contribution in [3.63, 3.8) is 0 Å². The zero-order valence-electron chi connectivity index (χ0n) is 9.31. The SMILES string of the molecule is C=CCNC(=C)C(=O)CC(C)CCC. The lowest BCUT2D eigenvalue weighted by molar-refractivity contribution is -0.116. The molecule has 0 radical (unpaired) electrons. The number of allylic oxidation sites excluding steroid dienone is 1. The van der Waals surface area contributed by atoms with Crippen LogP contribution in [0.15, 0.2) is 24.9 Å². The maximum Gasteiger partial charge on any atom is 0.178 e. The summed E-state index contributed by atoms with van der Waals surface area (Å²) in [6.07, 6.45) is 4.53. The van der Waals surface area contributed by atoms with Gasteiger partial charge in [-0.1, -0.05) is 39.3 Å². The Labute approximate surface area is 87.1 Å². The molecule has 0 spiro atoms. The van der Waals surface area contributed by atoms with E-state index in [2.05, 4.69) is 32.3 Å². The number of Topliss-reactive ketones (excluding diaryl/α,β-unsaturated/α-hetero) is 1. The molecule has 1 atom stereocenters. The number of ketones is 1. The van der Waals surface area contributed by atoms with Crippen molar-refractivity contribution in [2.24, 2.45) is 5.92 Å². The molecule has 0 bridgehead atoms. The van der Waals surface area contributed by atoms with E-state index >= 15 is 0 Å². The van der Waals surface area contributed by atoms with Crippen molar-refractivity contribution in [3.8, 4) is 0 Å². The van der Waals surface area contributed by atoms with Gasteiger partial charge >= 0.3 is 0 Å². The van der Waals surface area contributed by atoms with Crippen LogP contribution >= 0.6 is 0 Å². The molecule has 0 aromatic carbocycles. The van der Waals surface area contributed by atoms with E-state index in [0.29, 0.717) is 24.6 Å². The first-order valence-corrected chi connectivity index (χ1v) is 5.18. The van der Waals surface area contributed by atoms with Crippen LogP contribution in [0.1, 0.15) is 33.1 Å². The standard InChI is InChI=1S/C12H21NO/c1-5-7-10(3)9-12(14)11(4)13-8-6-2/h6,10,13H,2,4-5,7-9H2,1,3H3. The molecular formula is C12H21NO. The van der Waals surface area contributed by atoms with Gasteiger partial charge in [0.15, 0.2) is 5.78 Å². The second-order valence-electron chi connectivity index (χ2n) is 3.67. The van der Waals surface area contributed by atoms with Gasteiger partial charge < -0.3 is 5.32 Å². The van der Waals surface area contributed by atoms with Gasteiger partial charge in [0, 0.05) is 13.0 Å². The van der Waals surface area contributed by atoms with E-state index in [4.69, 9.17) is 0 Å². The Morgan fingerprint density at radius 1 is 1.57 bits per heavy atom. The maximum absolute atomic E-state index is 11.5. The van der Waals surface area contributed by atoms with Gasteiger partial charge in [-0.3, -0.25) is 4.79 Å². The van der Waals surface area contributed by atoms with Gasteiger partial charge in [0.05, 0.1) is 5.70 Å². The number of carbonyl (C=O) groups is 1. The Kier molecular flexibility index (Phi) is 6.81. The Bertz CT molecular complexity index is 208. The van der Waals surface area contributed by atoms with Crippen LogP contribution in [0.4, 0.5) is 0 Å².